The summed E-state index contributed by atoms with van der Waals surface area (Å²) in [4.78, 5) is 59.4. The number of hydrogen-bond donors (Lipinski definition) is 6. The fourth-order valence-corrected chi connectivity index (χ4v) is 9.17. The molecular formula is C40H65N9O6. The Morgan fingerprint density at radius 2 is 1.76 bits per heavy atom. The van der Waals surface area contributed by atoms with E-state index >= 15 is 0 Å². The van der Waals surface area contributed by atoms with E-state index in [9.17, 15) is 19.2 Å². The third kappa shape index (κ3) is 9.97. The lowest BCUT2D eigenvalue weighted by atomic mass is 9.89. The molecule has 0 aromatic heterocycles. The molecule has 3 fully saturated rings. The lowest BCUT2D eigenvalue weighted by Crippen LogP contribution is -2.60. The third-order valence-corrected chi connectivity index (χ3v) is 12.5. The van der Waals surface area contributed by atoms with E-state index in [-0.39, 0.29) is 54.0 Å². The van der Waals surface area contributed by atoms with Gasteiger partial charge in [-0.15, -0.1) is 10.6 Å². The summed E-state index contributed by atoms with van der Waals surface area (Å²) >= 11 is 0. The highest BCUT2D eigenvalue weighted by Crippen LogP contribution is 2.35. The Morgan fingerprint density at radius 3 is 2.35 bits per heavy atom. The summed E-state index contributed by atoms with van der Waals surface area (Å²) < 4.78 is 12.1. The van der Waals surface area contributed by atoms with Crippen molar-refractivity contribution in [3.63, 3.8) is 0 Å². The summed E-state index contributed by atoms with van der Waals surface area (Å²) in [6, 6.07) is 8.08. The third-order valence-electron chi connectivity index (χ3n) is 12.5. The lowest BCUT2D eigenvalue weighted by Gasteiger charge is -2.41. The average Bonchev–Trinajstić information content (AvgIpc) is 4.03. The first-order valence-electron chi connectivity index (χ1n) is 20.2. The first-order chi connectivity index (χ1) is 26.4. The van der Waals surface area contributed by atoms with E-state index in [2.05, 4.69) is 51.4 Å². The van der Waals surface area contributed by atoms with Gasteiger partial charge in [-0.2, -0.15) is 0 Å². The standard InChI is InChI=1S/C40H65N9O6/c1-9-24(4)35(48(6)40(53)33(23(2)3)43-39(52)34-27-17-18-28(21-27)41-34)31(54-7)22-32(50)49-19-13-16-30(49)36(55-8)25(5)38(51)42-29(37-44-46-47-45-37)20-26-14-11-10-12-15-26/h10-12,14-15,23-25,27-31,33-36,41,46-47H,9,13,16-22H2,1-8H3,(H,42,51)(H,43,52)(H,44,45)/t24-,25+,27-,28+,29-,30-,31+,33-,34-,35-,36+/m0/s1. The van der Waals surface area contributed by atoms with E-state index in [1.54, 1.807) is 26.2 Å². The fraction of sp³-hybridized carbons (Fsp3) is 0.725. The molecule has 6 N–H and O–H groups in total. The number of rotatable bonds is 19. The number of hydrazone groups is 1. The molecule has 1 aromatic carbocycles. The van der Waals surface area contributed by atoms with Crippen LogP contribution in [0.1, 0.15) is 85.1 Å². The molecule has 2 bridgehead atoms. The van der Waals surface area contributed by atoms with Crippen LogP contribution in [0.4, 0.5) is 0 Å². The summed E-state index contributed by atoms with van der Waals surface area (Å²) in [7, 11) is 4.93. The minimum Gasteiger partial charge on any atom is -0.379 e. The van der Waals surface area contributed by atoms with Crippen molar-refractivity contribution in [2.24, 2.45) is 28.8 Å². The quantitative estimate of drug-likeness (QED) is 0.122. The minimum atomic E-state index is -0.715. The van der Waals surface area contributed by atoms with Crippen LogP contribution in [0.15, 0.2) is 35.4 Å². The number of methoxy groups -OCH3 is 2. The van der Waals surface area contributed by atoms with E-state index in [0.29, 0.717) is 37.2 Å². The number of benzene rings is 1. The number of fused-ring (bicyclic) bond motifs is 2. The second-order valence-electron chi connectivity index (χ2n) is 16.3. The molecular weight excluding hydrogens is 702 g/mol. The zero-order valence-electron chi connectivity index (χ0n) is 34.0. The van der Waals surface area contributed by atoms with Gasteiger partial charge in [-0.05, 0) is 61.8 Å². The first kappa shape index (κ1) is 42.4. The number of amides is 4. The number of hydrogen-bond acceptors (Lipinski definition) is 11. The normalized spacial score (nSPS) is 25.5. The summed E-state index contributed by atoms with van der Waals surface area (Å²) in [6.45, 7) is 10.4. The Bertz CT molecular complexity index is 1500. The summed E-state index contributed by atoms with van der Waals surface area (Å²) in [5.41, 5.74) is 9.44. The van der Waals surface area contributed by atoms with Crippen LogP contribution in [0.5, 0.6) is 0 Å². The number of piperidine rings is 1. The van der Waals surface area contributed by atoms with Crippen LogP contribution in [-0.4, -0.2) is 116 Å². The van der Waals surface area contributed by atoms with Gasteiger partial charge in [-0.25, -0.2) is 5.53 Å². The monoisotopic (exact) mass is 768 g/mol. The highest BCUT2D eigenvalue weighted by Gasteiger charge is 2.46. The van der Waals surface area contributed by atoms with E-state index in [0.717, 1.165) is 37.7 Å². The van der Waals surface area contributed by atoms with Crippen molar-refractivity contribution in [1.82, 2.24) is 42.2 Å². The average molecular weight is 768 g/mol. The van der Waals surface area contributed by atoms with Crippen molar-refractivity contribution >= 4 is 29.5 Å². The topological polar surface area (TPSA) is 178 Å². The molecule has 2 saturated heterocycles. The first-order valence-corrected chi connectivity index (χ1v) is 20.2. The van der Waals surface area contributed by atoms with Gasteiger partial charge in [0.15, 0.2) is 5.84 Å². The van der Waals surface area contributed by atoms with Gasteiger partial charge in [0.1, 0.15) is 6.04 Å². The number of nitrogens with zero attached hydrogens (tertiary/aromatic N) is 3. The number of nitrogens with one attached hydrogen (secondary N) is 6. The SMILES string of the molecule is CC[C@H](C)[C@@H]([C@@H](CC(=O)N1CCC[C@H]1[C@H](OC)[C@@H](C)C(=O)N[C@@H](Cc1ccccc1)C1=NNNN1)OC)N(C)C(=O)[C@@H](NC(=O)[C@H]1N[C@@H]2CC[C@H]1C2)C(C)C. The van der Waals surface area contributed by atoms with Crippen molar-refractivity contribution in [3.05, 3.63) is 35.9 Å². The Labute approximate surface area is 326 Å². The van der Waals surface area contributed by atoms with E-state index in [1.807, 2.05) is 56.0 Å². The molecule has 0 spiro atoms. The Balaban J connectivity index is 1.26. The predicted octanol–water partition coefficient (Wildman–Crippen LogP) is 1.84. The van der Waals surface area contributed by atoms with E-state index < -0.39 is 36.3 Å². The largest absolute Gasteiger partial charge is 0.379 e. The number of amidine groups is 1. The molecule has 0 unspecified atom stereocenters. The van der Waals surface area contributed by atoms with Crippen molar-refractivity contribution in [2.75, 3.05) is 27.8 Å². The molecule has 15 heteroatoms. The molecule has 3 heterocycles. The molecule has 1 aliphatic carbocycles. The van der Waals surface area contributed by atoms with Crippen molar-refractivity contribution in [3.8, 4) is 0 Å². The molecule has 15 nitrogen and oxygen atoms in total. The summed E-state index contributed by atoms with van der Waals surface area (Å²) in [5.74, 6) is -0.498. The summed E-state index contributed by atoms with van der Waals surface area (Å²) in [6.07, 6.45) is 4.77. The molecule has 306 valence electrons. The highest BCUT2D eigenvalue weighted by atomic mass is 16.5. The molecule has 55 heavy (non-hydrogen) atoms. The maximum absolute atomic E-state index is 14.3. The molecule has 1 saturated carbocycles. The van der Waals surface area contributed by atoms with Crippen LogP contribution in [0.25, 0.3) is 0 Å². The Hall–Kier alpha value is -3.79. The maximum Gasteiger partial charge on any atom is 0.245 e. The molecule has 4 aliphatic rings. The van der Waals surface area contributed by atoms with Crippen molar-refractivity contribution < 1.29 is 28.7 Å². The van der Waals surface area contributed by atoms with Gasteiger partial charge in [0.2, 0.25) is 23.6 Å². The van der Waals surface area contributed by atoms with Crippen LogP contribution >= 0.6 is 0 Å². The molecule has 11 atom stereocenters. The molecule has 5 rings (SSSR count). The van der Waals surface area contributed by atoms with Crippen LogP contribution in [0.2, 0.25) is 0 Å². The van der Waals surface area contributed by atoms with Crippen molar-refractivity contribution in [2.45, 2.75) is 134 Å². The Kier molecular flexibility index (Phi) is 14.9. The minimum absolute atomic E-state index is 0.000424. The zero-order valence-corrected chi connectivity index (χ0v) is 34.0. The number of hydrazine groups is 2. The van der Waals surface area contributed by atoms with Gasteiger partial charge in [0, 0.05) is 33.9 Å². The number of carbonyl (C=O) groups excluding carboxylic acids is 4. The van der Waals surface area contributed by atoms with Gasteiger partial charge < -0.3 is 35.2 Å². The number of likely N-dealkylation sites (N-methyl/N-ethyl adjacent to an activating group) is 1. The zero-order chi connectivity index (χ0) is 39.8. The van der Waals surface area contributed by atoms with Gasteiger partial charge in [-0.3, -0.25) is 24.6 Å². The van der Waals surface area contributed by atoms with Gasteiger partial charge in [0.05, 0.1) is 48.7 Å². The maximum atomic E-state index is 14.3. The lowest BCUT2D eigenvalue weighted by molar-refractivity contribution is -0.147. The number of carbonyl (C=O) groups is 4. The van der Waals surface area contributed by atoms with E-state index in [4.69, 9.17) is 9.47 Å². The Morgan fingerprint density at radius 1 is 1.02 bits per heavy atom. The predicted molar refractivity (Wildman–Crippen MR) is 210 cm³/mol. The molecule has 3 aliphatic heterocycles. The summed E-state index contributed by atoms with van der Waals surface area (Å²) in [5, 5.41) is 13.9. The number of likely N-dealkylation sites (tertiary alicyclic amines) is 1. The van der Waals surface area contributed by atoms with Gasteiger partial charge in [-0.1, -0.05) is 71.4 Å². The van der Waals surface area contributed by atoms with Gasteiger partial charge in [0.25, 0.3) is 0 Å². The second kappa shape index (κ2) is 19.4. The van der Waals surface area contributed by atoms with Crippen LogP contribution < -0.4 is 32.4 Å². The highest BCUT2D eigenvalue weighted by molar-refractivity contribution is 5.93. The molecule has 1 aromatic rings. The second-order valence-corrected chi connectivity index (χ2v) is 16.3. The van der Waals surface area contributed by atoms with Crippen LogP contribution in [0.3, 0.4) is 0 Å². The smallest absolute Gasteiger partial charge is 0.245 e. The fourth-order valence-electron chi connectivity index (χ4n) is 9.17. The van der Waals surface area contributed by atoms with Crippen LogP contribution in [0, 0.1) is 23.7 Å². The molecule has 0 radical (unpaired) electrons. The van der Waals surface area contributed by atoms with Crippen molar-refractivity contribution in [1.29, 1.82) is 0 Å². The van der Waals surface area contributed by atoms with Gasteiger partial charge >= 0.3 is 0 Å². The van der Waals surface area contributed by atoms with Crippen LogP contribution in [-0.2, 0) is 35.1 Å². The number of ether oxygens (including phenoxy) is 2. The van der Waals surface area contributed by atoms with E-state index in [1.165, 1.54) is 0 Å². The molecule has 4 amide bonds.